The first-order valence-corrected chi connectivity index (χ1v) is 11.3. The normalized spacial score (nSPS) is 13.1. The van der Waals surface area contributed by atoms with Crippen molar-refractivity contribution in [1.82, 2.24) is 25.3 Å². The van der Waals surface area contributed by atoms with Crippen LogP contribution in [0.15, 0.2) is 41.2 Å². The summed E-state index contributed by atoms with van der Waals surface area (Å²) in [6.45, 7) is 4.18. The van der Waals surface area contributed by atoms with Crippen molar-refractivity contribution in [1.29, 1.82) is 0 Å². The minimum absolute atomic E-state index is 0.0771. The number of fused-ring (bicyclic) bond motifs is 1. The summed E-state index contributed by atoms with van der Waals surface area (Å²) >= 11 is 0. The lowest BCUT2D eigenvalue weighted by molar-refractivity contribution is -0.700. The molecule has 0 aliphatic carbocycles. The zero-order valence-corrected chi connectivity index (χ0v) is 19.5. The monoisotopic (exact) mass is 495 g/mol. The molecule has 0 radical (unpaired) electrons. The van der Waals surface area contributed by atoms with Gasteiger partial charge in [0.1, 0.15) is 24.0 Å². The predicted octanol–water partition coefficient (Wildman–Crippen LogP) is 2.73. The summed E-state index contributed by atoms with van der Waals surface area (Å²) in [6.07, 6.45) is 0.318. The van der Waals surface area contributed by atoms with Gasteiger partial charge in [-0.25, -0.2) is 22.8 Å². The van der Waals surface area contributed by atoms with Crippen molar-refractivity contribution < 1.29 is 22.5 Å². The van der Waals surface area contributed by atoms with Crippen LogP contribution in [0.5, 0.6) is 0 Å². The molecule has 184 valence electrons. The zero-order chi connectivity index (χ0) is 25.6. The molecular weight excluding hydrogens is 473 g/mol. The maximum absolute atomic E-state index is 14.7. The zero-order valence-electron chi connectivity index (χ0n) is 19.5. The standard InChI is InChI=1S/C25H21F3N6O2/c1-13-14(2)24(35)32-29-21(13)8-15-3-4-20(28)19(7-15)25(36)33-5-6-34-22(12-33)30-31-23(34)16-9-17(26)11-18(27)10-16/h3-4,7,9-11H,5-6,8,12H2,1-2H3,(H,32,35)/p+1. The van der Waals surface area contributed by atoms with Crippen LogP contribution in [0.1, 0.15) is 38.6 Å². The van der Waals surface area contributed by atoms with Crippen molar-refractivity contribution in [2.75, 3.05) is 6.54 Å². The third kappa shape index (κ3) is 4.28. The first kappa shape index (κ1) is 23.5. The number of nitrogens with one attached hydrogen (secondary N) is 2. The van der Waals surface area contributed by atoms with E-state index in [2.05, 4.69) is 20.4 Å². The van der Waals surface area contributed by atoms with Gasteiger partial charge in [-0.3, -0.25) is 9.59 Å². The van der Waals surface area contributed by atoms with Crippen molar-refractivity contribution in [3.05, 3.63) is 98.0 Å². The van der Waals surface area contributed by atoms with E-state index in [1.54, 1.807) is 24.5 Å². The molecule has 0 spiro atoms. The number of aromatic nitrogens is 5. The first-order chi connectivity index (χ1) is 17.2. The number of carbonyl (C=O) groups excluding carboxylic acids is 1. The van der Waals surface area contributed by atoms with E-state index >= 15 is 0 Å². The molecule has 2 aromatic heterocycles. The SMILES string of the molecule is Cc1c(Cc2ccc(F)c(C(=O)N3CC[n+]4c(-c5cc(F)cc(F)c5)n[nH]c4C3)c2)n[nH]c(=O)c1C. The number of halogens is 3. The Balaban J connectivity index is 1.38. The minimum Gasteiger partial charge on any atom is -0.325 e. The molecule has 0 atom stereocenters. The van der Waals surface area contributed by atoms with E-state index in [0.29, 0.717) is 41.4 Å². The molecule has 0 unspecified atom stereocenters. The summed E-state index contributed by atoms with van der Waals surface area (Å²) in [4.78, 5) is 26.5. The molecule has 0 fully saturated rings. The van der Waals surface area contributed by atoms with Gasteiger partial charge in [-0.1, -0.05) is 6.07 Å². The number of H-pyrrole nitrogens is 2. The lowest BCUT2D eigenvalue weighted by Gasteiger charge is -2.25. The van der Waals surface area contributed by atoms with E-state index in [1.807, 2.05) is 0 Å². The third-order valence-corrected chi connectivity index (χ3v) is 6.48. The molecule has 3 heterocycles. The van der Waals surface area contributed by atoms with Gasteiger partial charge >= 0.3 is 5.82 Å². The van der Waals surface area contributed by atoms with Gasteiger partial charge in [0.15, 0.2) is 0 Å². The van der Waals surface area contributed by atoms with Crippen molar-refractivity contribution >= 4 is 5.91 Å². The van der Waals surface area contributed by atoms with Gasteiger partial charge in [0.2, 0.25) is 0 Å². The van der Waals surface area contributed by atoms with Crippen LogP contribution in [0.2, 0.25) is 0 Å². The highest BCUT2D eigenvalue weighted by molar-refractivity contribution is 5.94. The second-order valence-corrected chi connectivity index (χ2v) is 8.77. The Morgan fingerprint density at radius 2 is 1.78 bits per heavy atom. The molecule has 4 aromatic rings. The van der Waals surface area contributed by atoms with Crippen molar-refractivity contribution in [3.63, 3.8) is 0 Å². The van der Waals surface area contributed by atoms with Gasteiger partial charge in [0.05, 0.1) is 29.9 Å². The fourth-order valence-corrected chi connectivity index (χ4v) is 4.34. The Bertz CT molecular complexity index is 1540. The molecule has 1 aliphatic rings. The Morgan fingerprint density at radius 3 is 2.53 bits per heavy atom. The highest BCUT2D eigenvalue weighted by atomic mass is 19.1. The highest BCUT2D eigenvalue weighted by Gasteiger charge is 2.32. The average molecular weight is 495 g/mol. The maximum atomic E-state index is 14.7. The van der Waals surface area contributed by atoms with Crippen LogP contribution in [0.4, 0.5) is 13.2 Å². The molecule has 0 saturated heterocycles. The molecular formula is C25H22F3N6O2+. The fraction of sp³-hybridized carbons (Fsp3) is 0.240. The quantitative estimate of drug-likeness (QED) is 0.426. The summed E-state index contributed by atoms with van der Waals surface area (Å²) in [5.41, 5.74) is 2.53. The molecule has 5 rings (SSSR count). The van der Waals surface area contributed by atoms with E-state index in [0.717, 1.165) is 11.6 Å². The number of rotatable bonds is 4. The van der Waals surface area contributed by atoms with E-state index in [9.17, 15) is 22.8 Å². The minimum atomic E-state index is -0.715. The second kappa shape index (κ2) is 9.06. The smallest absolute Gasteiger partial charge is 0.309 e. The largest absolute Gasteiger partial charge is 0.325 e. The molecule has 11 heteroatoms. The van der Waals surface area contributed by atoms with Gasteiger partial charge in [0, 0.05) is 23.1 Å². The summed E-state index contributed by atoms with van der Waals surface area (Å²) in [5.74, 6) is -1.67. The highest BCUT2D eigenvalue weighted by Crippen LogP contribution is 2.21. The Morgan fingerprint density at radius 1 is 1.03 bits per heavy atom. The van der Waals surface area contributed by atoms with Crippen LogP contribution in [-0.4, -0.2) is 37.7 Å². The second-order valence-electron chi connectivity index (χ2n) is 8.77. The van der Waals surface area contributed by atoms with Gasteiger partial charge in [-0.2, -0.15) is 5.10 Å². The number of carbonyl (C=O) groups is 1. The van der Waals surface area contributed by atoms with Crippen LogP contribution in [-0.2, 0) is 19.5 Å². The average Bonchev–Trinajstić information content (AvgIpc) is 3.28. The molecule has 0 bridgehead atoms. The lowest BCUT2D eigenvalue weighted by Crippen LogP contribution is -2.52. The van der Waals surface area contributed by atoms with E-state index in [4.69, 9.17) is 0 Å². The van der Waals surface area contributed by atoms with Crippen LogP contribution in [0.3, 0.4) is 0 Å². The molecule has 2 aromatic carbocycles. The molecule has 36 heavy (non-hydrogen) atoms. The van der Waals surface area contributed by atoms with Gasteiger partial charge in [0.25, 0.3) is 17.3 Å². The number of hydrogen-bond acceptors (Lipinski definition) is 4. The number of nitrogens with zero attached hydrogens (tertiary/aromatic N) is 4. The topological polar surface area (TPSA) is 98.6 Å². The Labute approximate surface area is 203 Å². The number of benzene rings is 2. The van der Waals surface area contributed by atoms with Crippen molar-refractivity contribution in [2.45, 2.75) is 33.4 Å². The molecule has 8 nitrogen and oxygen atoms in total. The fourth-order valence-electron chi connectivity index (χ4n) is 4.34. The van der Waals surface area contributed by atoms with Gasteiger partial charge in [-0.05, 0) is 49.2 Å². The number of aromatic amines is 2. The first-order valence-electron chi connectivity index (χ1n) is 11.3. The summed E-state index contributed by atoms with van der Waals surface area (Å²) < 4.78 is 43.8. The van der Waals surface area contributed by atoms with Crippen LogP contribution in [0, 0.1) is 31.3 Å². The summed E-state index contributed by atoms with van der Waals surface area (Å²) in [6, 6.07) is 7.48. The lowest BCUT2D eigenvalue weighted by atomic mass is 10.0. The van der Waals surface area contributed by atoms with Crippen molar-refractivity contribution in [3.8, 4) is 11.4 Å². The van der Waals surface area contributed by atoms with Gasteiger partial charge in [-0.15, -0.1) is 5.10 Å². The van der Waals surface area contributed by atoms with E-state index < -0.39 is 23.4 Å². The Kier molecular flexibility index (Phi) is 5.91. The molecule has 1 amide bonds. The molecule has 0 saturated carbocycles. The van der Waals surface area contributed by atoms with Crippen LogP contribution >= 0.6 is 0 Å². The van der Waals surface area contributed by atoms with E-state index in [-0.39, 0.29) is 29.8 Å². The van der Waals surface area contributed by atoms with Crippen LogP contribution in [0.25, 0.3) is 11.4 Å². The summed E-state index contributed by atoms with van der Waals surface area (Å²) in [7, 11) is 0. The predicted molar refractivity (Wildman–Crippen MR) is 122 cm³/mol. The maximum Gasteiger partial charge on any atom is 0.309 e. The van der Waals surface area contributed by atoms with Crippen LogP contribution < -0.4 is 10.1 Å². The van der Waals surface area contributed by atoms with E-state index in [1.165, 1.54) is 29.2 Å². The number of amides is 1. The summed E-state index contributed by atoms with van der Waals surface area (Å²) in [5, 5.41) is 13.5. The Hall–Kier alpha value is -4.28. The molecule has 2 N–H and O–H groups in total. The van der Waals surface area contributed by atoms with Crippen molar-refractivity contribution in [2.24, 2.45) is 0 Å². The third-order valence-electron chi connectivity index (χ3n) is 6.48. The molecule has 1 aliphatic heterocycles. The van der Waals surface area contributed by atoms with Gasteiger partial charge < -0.3 is 4.90 Å². The number of hydrogen-bond donors (Lipinski definition) is 2.